The summed E-state index contributed by atoms with van der Waals surface area (Å²) in [5.41, 5.74) is 4.43. The van der Waals surface area contributed by atoms with Crippen molar-refractivity contribution in [1.29, 1.82) is 0 Å². The summed E-state index contributed by atoms with van der Waals surface area (Å²) in [7, 11) is 1.32. The second-order valence-electron chi connectivity index (χ2n) is 6.40. The molecule has 1 amide bonds. The molecule has 0 spiro atoms. The van der Waals surface area contributed by atoms with Gasteiger partial charge in [-0.25, -0.2) is 14.8 Å². The lowest BCUT2D eigenvalue weighted by atomic mass is 10.1. The fourth-order valence-corrected chi connectivity index (χ4v) is 2.88. The summed E-state index contributed by atoms with van der Waals surface area (Å²) in [6, 6.07) is 14.1. The number of hydrogen-bond donors (Lipinski definition) is 2. The zero-order chi connectivity index (χ0) is 20.8. The quantitative estimate of drug-likeness (QED) is 0.615. The molecule has 0 aliphatic carbocycles. The van der Waals surface area contributed by atoms with Gasteiger partial charge in [-0.3, -0.25) is 4.79 Å². The van der Waals surface area contributed by atoms with Gasteiger partial charge < -0.3 is 15.4 Å². The SMILES string of the molecule is CCc1cccc(C)c1Nc1cc(C(=O)Nc2ccc(C(=O)OC)cc2)ncn1. The fourth-order valence-electron chi connectivity index (χ4n) is 2.88. The lowest BCUT2D eigenvalue weighted by Gasteiger charge is -2.13. The van der Waals surface area contributed by atoms with Crippen molar-refractivity contribution in [2.75, 3.05) is 17.7 Å². The summed E-state index contributed by atoms with van der Waals surface area (Å²) in [4.78, 5) is 32.3. The number of carbonyl (C=O) groups excluding carboxylic acids is 2. The molecule has 0 unspecified atom stereocenters. The molecular formula is C22H22N4O3. The lowest BCUT2D eigenvalue weighted by Crippen LogP contribution is -2.14. The maximum absolute atomic E-state index is 12.6. The van der Waals surface area contributed by atoms with Gasteiger partial charge >= 0.3 is 5.97 Å². The van der Waals surface area contributed by atoms with Crippen molar-refractivity contribution < 1.29 is 14.3 Å². The maximum atomic E-state index is 12.6. The van der Waals surface area contributed by atoms with E-state index < -0.39 is 5.97 Å². The van der Waals surface area contributed by atoms with E-state index in [0.717, 1.165) is 17.7 Å². The van der Waals surface area contributed by atoms with Crippen LogP contribution in [0.5, 0.6) is 0 Å². The number of benzene rings is 2. The molecule has 3 aromatic rings. The average Bonchev–Trinajstić information content (AvgIpc) is 2.75. The number of hydrogen-bond acceptors (Lipinski definition) is 6. The molecule has 2 N–H and O–H groups in total. The number of nitrogens with zero attached hydrogens (tertiary/aromatic N) is 2. The Labute approximate surface area is 169 Å². The topological polar surface area (TPSA) is 93.2 Å². The number of nitrogens with one attached hydrogen (secondary N) is 2. The first-order valence-corrected chi connectivity index (χ1v) is 9.19. The lowest BCUT2D eigenvalue weighted by molar-refractivity contribution is 0.0600. The first kappa shape index (κ1) is 20.0. The number of carbonyl (C=O) groups is 2. The van der Waals surface area contributed by atoms with Crippen LogP contribution in [0.15, 0.2) is 54.9 Å². The molecule has 7 heteroatoms. The predicted molar refractivity (Wildman–Crippen MR) is 112 cm³/mol. The molecule has 0 saturated heterocycles. The van der Waals surface area contributed by atoms with Crippen molar-refractivity contribution in [3.63, 3.8) is 0 Å². The summed E-state index contributed by atoms with van der Waals surface area (Å²) in [5.74, 6) is -0.269. The van der Waals surface area contributed by atoms with Crippen LogP contribution in [-0.2, 0) is 11.2 Å². The highest BCUT2D eigenvalue weighted by molar-refractivity contribution is 6.03. The van der Waals surface area contributed by atoms with Crippen LogP contribution >= 0.6 is 0 Å². The number of methoxy groups -OCH3 is 1. The van der Waals surface area contributed by atoms with E-state index in [0.29, 0.717) is 17.1 Å². The fraction of sp³-hybridized carbons (Fsp3) is 0.182. The molecule has 0 fully saturated rings. The van der Waals surface area contributed by atoms with Gasteiger partial charge in [-0.1, -0.05) is 25.1 Å². The van der Waals surface area contributed by atoms with E-state index >= 15 is 0 Å². The molecule has 0 saturated carbocycles. The molecule has 2 aromatic carbocycles. The van der Waals surface area contributed by atoms with Gasteiger partial charge in [0.25, 0.3) is 5.91 Å². The molecule has 0 bridgehead atoms. The van der Waals surface area contributed by atoms with Crippen LogP contribution < -0.4 is 10.6 Å². The van der Waals surface area contributed by atoms with E-state index in [1.165, 1.54) is 19.0 Å². The Hall–Kier alpha value is -3.74. The number of amides is 1. The Morgan fingerprint density at radius 1 is 1.07 bits per heavy atom. The molecule has 0 aliphatic rings. The van der Waals surface area contributed by atoms with E-state index in [-0.39, 0.29) is 11.6 Å². The highest BCUT2D eigenvalue weighted by Crippen LogP contribution is 2.24. The molecule has 0 aliphatic heterocycles. The number of para-hydroxylation sites is 1. The number of aryl methyl sites for hydroxylation is 2. The third-order valence-electron chi connectivity index (χ3n) is 4.46. The van der Waals surface area contributed by atoms with Gasteiger partial charge in [0, 0.05) is 17.4 Å². The van der Waals surface area contributed by atoms with Crippen molar-refractivity contribution in [1.82, 2.24) is 9.97 Å². The zero-order valence-corrected chi connectivity index (χ0v) is 16.5. The normalized spacial score (nSPS) is 10.3. The monoisotopic (exact) mass is 390 g/mol. The van der Waals surface area contributed by atoms with Crippen LogP contribution in [-0.4, -0.2) is 29.0 Å². The third-order valence-corrected chi connectivity index (χ3v) is 4.46. The minimum atomic E-state index is -0.433. The highest BCUT2D eigenvalue weighted by atomic mass is 16.5. The van der Waals surface area contributed by atoms with Crippen LogP contribution in [0.2, 0.25) is 0 Å². The minimum absolute atomic E-state index is 0.228. The molecule has 1 heterocycles. The molecule has 0 radical (unpaired) electrons. The van der Waals surface area contributed by atoms with Gasteiger partial charge in [0.15, 0.2) is 0 Å². The number of aromatic nitrogens is 2. The molecular weight excluding hydrogens is 368 g/mol. The van der Waals surface area contributed by atoms with E-state index in [1.807, 2.05) is 19.1 Å². The maximum Gasteiger partial charge on any atom is 0.337 e. The largest absolute Gasteiger partial charge is 0.465 e. The Morgan fingerprint density at radius 3 is 2.52 bits per heavy atom. The second-order valence-corrected chi connectivity index (χ2v) is 6.40. The third kappa shape index (κ3) is 4.76. The predicted octanol–water partition coefficient (Wildman–Crippen LogP) is 4.13. The van der Waals surface area contributed by atoms with Gasteiger partial charge in [0.1, 0.15) is 17.8 Å². The first-order chi connectivity index (χ1) is 14.0. The zero-order valence-electron chi connectivity index (χ0n) is 16.5. The number of esters is 1. The van der Waals surface area contributed by atoms with Gasteiger partial charge in [-0.05, 0) is 48.7 Å². The van der Waals surface area contributed by atoms with Gasteiger partial charge in [-0.15, -0.1) is 0 Å². The summed E-state index contributed by atoms with van der Waals surface area (Å²) in [5, 5.41) is 6.05. The van der Waals surface area contributed by atoms with Crippen molar-refractivity contribution in [2.24, 2.45) is 0 Å². The van der Waals surface area contributed by atoms with Crippen LogP contribution in [0.4, 0.5) is 17.2 Å². The van der Waals surface area contributed by atoms with Crippen LogP contribution in [0.25, 0.3) is 0 Å². The number of anilines is 3. The summed E-state index contributed by atoms with van der Waals surface area (Å²) < 4.78 is 4.66. The van der Waals surface area contributed by atoms with E-state index in [4.69, 9.17) is 0 Å². The van der Waals surface area contributed by atoms with Crippen molar-refractivity contribution in [2.45, 2.75) is 20.3 Å². The molecule has 29 heavy (non-hydrogen) atoms. The molecule has 0 atom stereocenters. The van der Waals surface area contributed by atoms with Crippen LogP contribution in [0, 0.1) is 6.92 Å². The Morgan fingerprint density at radius 2 is 1.83 bits per heavy atom. The van der Waals surface area contributed by atoms with E-state index in [1.54, 1.807) is 30.3 Å². The molecule has 148 valence electrons. The summed E-state index contributed by atoms with van der Waals surface area (Å²) >= 11 is 0. The van der Waals surface area contributed by atoms with Crippen LogP contribution in [0.3, 0.4) is 0 Å². The number of rotatable bonds is 6. The second kappa shape index (κ2) is 8.97. The number of ether oxygens (including phenoxy) is 1. The highest BCUT2D eigenvalue weighted by Gasteiger charge is 2.12. The van der Waals surface area contributed by atoms with Gasteiger partial charge in [0.05, 0.1) is 12.7 Å². The Kier molecular flexibility index (Phi) is 6.19. The first-order valence-electron chi connectivity index (χ1n) is 9.19. The van der Waals surface area contributed by atoms with Crippen molar-refractivity contribution >= 4 is 29.1 Å². The van der Waals surface area contributed by atoms with Crippen LogP contribution in [0.1, 0.15) is 38.9 Å². The smallest absolute Gasteiger partial charge is 0.337 e. The molecule has 1 aromatic heterocycles. The van der Waals surface area contributed by atoms with E-state index in [9.17, 15) is 9.59 Å². The van der Waals surface area contributed by atoms with Gasteiger partial charge in [-0.2, -0.15) is 0 Å². The Bertz CT molecular complexity index is 1030. The van der Waals surface area contributed by atoms with E-state index in [2.05, 4.69) is 38.3 Å². The molecule has 7 nitrogen and oxygen atoms in total. The average molecular weight is 390 g/mol. The molecule has 3 rings (SSSR count). The minimum Gasteiger partial charge on any atom is -0.465 e. The summed E-state index contributed by atoms with van der Waals surface area (Å²) in [6.07, 6.45) is 2.23. The Balaban J connectivity index is 1.75. The van der Waals surface area contributed by atoms with Crippen molar-refractivity contribution in [3.8, 4) is 0 Å². The standard InChI is InChI=1S/C22H22N4O3/c1-4-15-7-5-6-14(2)20(15)26-19-12-18(23-13-24-19)21(27)25-17-10-8-16(9-11-17)22(28)29-3/h5-13H,4H2,1-3H3,(H,25,27)(H,23,24,26). The van der Waals surface area contributed by atoms with Crippen molar-refractivity contribution in [3.05, 3.63) is 77.2 Å². The summed E-state index contributed by atoms with van der Waals surface area (Å²) in [6.45, 7) is 4.11. The van der Waals surface area contributed by atoms with Gasteiger partial charge in [0.2, 0.25) is 0 Å².